The molecular formula is C8H17N3O. The first-order valence-corrected chi connectivity index (χ1v) is 4.11. The van der Waals surface area contributed by atoms with E-state index in [0.717, 1.165) is 25.5 Å². The van der Waals surface area contributed by atoms with E-state index in [4.69, 9.17) is 10.6 Å². The predicted octanol–water partition coefficient (Wildman–Crippen LogP) is -0.0629. The van der Waals surface area contributed by atoms with E-state index in [1.807, 2.05) is 13.1 Å². The minimum absolute atomic E-state index is 0.311. The molecule has 4 heteroatoms. The van der Waals surface area contributed by atoms with Crippen LogP contribution >= 0.6 is 0 Å². The lowest BCUT2D eigenvalue weighted by Crippen LogP contribution is -2.46. The molecular weight excluding hydrogens is 154 g/mol. The Bertz CT molecular complexity index is 175. The molecule has 70 valence electrons. The van der Waals surface area contributed by atoms with Gasteiger partial charge in [0.05, 0.1) is 13.2 Å². The van der Waals surface area contributed by atoms with Gasteiger partial charge in [-0.05, 0) is 6.92 Å². The number of allylic oxidation sites excluding steroid dienone is 1. The summed E-state index contributed by atoms with van der Waals surface area (Å²) in [6.45, 7) is 6.74. The van der Waals surface area contributed by atoms with Crippen molar-refractivity contribution in [2.45, 2.75) is 13.8 Å². The van der Waals surface area contributed by atoms with Crippen LogP contribution < -0.4 is 16.6 Å². The summed E-state index contributed by atoms with van der Waals surface area (Å²) >= 11 is 0. The van der Waals surface area contributed by atoms with Crippen molar-refractivity contribution < 1.29 is 4.74 Å². The van der Waals surface area contributed by atoms with Gasteiger partial charge < -0.3 is 15.5 Å². The summed E-state index contributed by atoms with van der Waals surface area (Å²) in [5.74, 6) is 5.19. The fourth-order valence-corrected chi connectivity index (χ4v) is 1.04. The van der Waals surface area contributed by atoms with E-state index in [9.17, 15) is 0 Å². The molecule has 0 aromatic rings. The smallest absolute Gasteiger partial charge is 0.0559 e. The Kier molecular flexibility index (Phi) is 2.94. The third-order valence-electron chi connectivity index (χ3n) is 1.98. The number of nitrogens with one attached hydrogen (secondary N) is 2. The van der Waals surface area contributed by atoms with Crippen molar-refractivity contribution >= 4 is 0 Å². The van der Waals surface area contributed by atoms with E-state index in [0.29, 0.717) is 5.41 Å². The van der Waals surface area contributed by atoms with E-state index < -0.39 is 0 Å². The molecule has 0 saturated carbocycles. The average Bonchev–Trinajstić information content (AvgIpc) is 2.01. The third-order valence-corrected chi connectivity index (χ3v) is 1.98. The molecule has 1 heterocycles. The van der Waals surface area contributed by atoms with Gasteiger partial charge in [-0.3, -0.25) is 5.84 Å². The normalized spacial score (nSPS) is 21.4. The van der Waals surface area contributed by atoms with E-state index in [2.05, 4.69) is 17.7 Å². The van der Waals surface area contributed by atoms with Gasteiger partial charge in [-0.1, -0.05) is 6.92 Å². The average molecular weight is 171 g/mol. The van der Waals surface area contributed by atoms with Gasteiger partial charge in [0.25, 0.3) is 0 Å². The summed E-state index contributed by atoms with van der Waals surface area (Å²) < 4.78 is 5.12. The first kappa shape index (κ1) is 9.35. The van der Waals surface area contributed by atoms with E-state index in [1.54, 1.807) is 0 Å². The summed E-state index contributed by atoms with van der Waals surface area (Å²) in [5.41, 5.74) is 3.79. The topological polar surface area (TPSA) is 59.3 Å². The van der Waals surface area contributed by atoms with Gasteiger partial charge in [0.15, 0.2) is 0 Å². The summed E-state index contributed by atoms with van der Waals surface area (Å²) in [5, 5.41) is 3.19. The Morgan fingerprint density at radius 3 is 2.75 bits per heavy atom. The monoisotopic (exact) mass is 171 g/mol. The van der Waals surface area contributed by atoms with Crippen LogP contribution in [-0.2, 0) is 4.74 Å². The molecule has 1 rings (SSSR count). The molecule has 12 heavy (non-hydrogen) atoms. The van der Waals surface area contributed by atoms with Gasteiger partial charge in [0, 0.05) is 23.9 Å². The van der Waals surface area contributed by atoms with Crippen LogP contribution in [0, 0.1) is 5.41 Å². The molecule has 0 spiro atoms. The number of nitrogens with two attached hydrogens (primary N) is 1. The van der Waals surface area contributed by atoms with Crippen LogP contribution in [0.15, 0.2) is 11.9 Å². The van der Waals surface area contributed by atoms with Crippen LogP contribution in [0.1, 0.15) is 13.8 Å². The predicted molar refractivity (Wildman–Crippen MR) is 48.0 cm³/mol. The van der Waals surface area contributed by atoms with Crippen LogP contribution in [0.3, 0.4) is 0 Å². The molecule has 0 aliphatic carbocycles. The Balaban J connectivity index is 2.17. The van der Waals surface area contributed by atoms with Gasteiger partial charge >= 0.3 is 0 Å². The van der Waals surface area contributed by atoms with Crippen molar-refractivity contribution in [2.75, 3.05) is 19.8 Å². The zero-order valence-corrected chi connectivity index (χ0v) is 7.68. The molecule has 4 N–H and O–H groups in total. The number of ether oxygens (including phenoxy) is 1. The maximum absolute atomic E-state index is 5.19. The summed E-state index contributed by atoms with van der Waals surface area (Å²) in [4.78, 5) is 0. The van der Waals surface area contributed by atoms with Crippen LogP contribution in [0.5, 0.6) is 0 Å². The second kappa shape index (κ2) is 3.78. The summed E-state index contributed by atoms with van der Waals surface area (Å²) in [6.07, 6.45) is 1.88. The number of hydrogen-bond donors (Lipinski definition) is 3. The number of hydrazine groups is 1. The van der Waals surface area contributed by atoms with Crippen LogP contribution in [0.4, 0.5) is 0 Å². The zero-order valence-electron chi connectivity index (χ0n) is 7.68. The number of hydrogen-bond acceptors (Lipinski definition) is 4. The molecule has 0 aromatic carbocycles. The van der Waals surface area contributed by atoms with Gasteiger partial charge in [-0.2, -0.15) is 0 Å². The summed E-state index contributed by atoms with van der Waals surface area (Å²) in [6, 6.07) is 0. The van der Waals surface area contributed by atoms with E-state index in [-0.39, 0.29) is 0 Å². The second-order valence-electron chi connectivity index (χ2n) is 3.66. The zero-order chi connectivity index (χ0) is 9.03. The molecule has 1 saturated heterocycles. The van der Waals surface area contributed by atoms with Gasteiger partial charge in [-0.25, -0.2) is 0 Å². The van der Waals surface area contributed by atoms with Crippen LogP contribution in [0.25, 0.3) is 0 Å². The second-order valence-corrected chi connectivity index (χ2v) is 3.66. The van der Waals surface area contributed by atoms with Crippen molar-refractivity contribution in [1.29, 1.82) is 0 Å². The highest BCUT2D eigenvalue weighted by molar-refractivity contribution is 4.93. The van der Waals surface area contributed by atoms with Crippen LogP contribution in [-0.4, -0.2) is 19.8 Å². The molecule has 0 aromatic heterocycles. The highest BCUT2D eigenvalue weighted by Gasteiger charge is 2.32. The first-order chi connectivity index (χ1) is 5.66. The first-order valence-electron chi connectivity index (χ1n) is 4.11. The Hall–Kier alpha value is -0.740. The Morgan fingerprint density at radius 1 is 1.67 bits per heavy atom. The maximum atomic E-state index is 5.19. The molecule has 1 aliphatic rings. The molecule has 0 amide bonds. The van der Waals surface area contributed by atoms with Gasteiger partial charge in [0.2, 0.25) is 0 Å². The van der Waals surface area contributed by atoms with E-state index in [1.165, 1.54) is 0 Å². The molecule has 1 aliphatic heterocycles. The fraction of sp³-hybridized carbons (Fsp3) is 0.750. The highest BCUT2D eigenvalue weighted by Crippen LogP contribution is 2.24. The fourth-order valence-electron chi connectivity index (χ4n) is 1.04. The molecule has 1 fully saturated rings. The number of rotatable bonds is 4. The molecule has 0 bridgehead atoms. The van der Waals surface area contributed by atoms with Gasteiger partial charge in [-0.15, -0.1) is 0 Å². The van der Waals surface area contributed by atoms with Crippen molar-refractivity contribution in [3.8, 4) is 0 Å². The van der Waals surface area contributed by atoms with Gasteiger partial charge in [0.1, 0.15) is 0 Å². The van der Waals surface area contributed by atoms with Crippen molar-refractivity contribution in [3.05, 3.63) is 11.9 Å². The van der Waals surface area contributed by atoms with Crippen molar-refractivity contribution in [2.24, 2.45) is 11.3 Å². The minimum Gasteiger partial charge on any atom is -0.389 e. The molecule has 0 atom stereocenters. The lowest BCUT2D eigenvalue weighted by Gasteiger charge is -2.37. The SMILES string of the molecule is C/C(=C/NCC1(C)COC1)NN. The lowest BCUT2D eigenvalue weighted by molar-refractivity contribution is -0.0976. The Labute approximate surface area is 73.1 Å². The largest absolute Gasteiger partial charge is 0.389 e. The molecule has 4 nitrogen and oxygen atoms in total. The summed E-state index contributed by atoms with van der Waals surface area (Å²) in [7, 11) is 0. The lowest BCUT2D eigenvalue weighted by atomic mass is 9.89. The minimum atomic E-state index is 0.311. The Morgan fingerprint density at radius 2 is 2.33 bits per heavy atom. The molecule has 0 radical (unpaired) electrons. The third kappa shape index (κ3) is 2.39. The molecule has 0 unspecified atom stereocenters. The quantitative estimate of drug-likeness (QED) is 0.409. The van der Waals surface area contributed by atoms with Crippen LogP contribution in [0.2, 0.25) is 0 Å². The standard InChI is InChI=1S/C8H17N3O/c1-7(11-9)3-10-4-8(2)5-12-6-8/h3,10-11H,4-6,9H2,1-2H3/b7-3-. The van der Waals surface area contributed by atoms with Crippen molar-refractivity contribution in [3.63, 3.8) is 0 Å². The maximum Gasteiger partial charge on any atom is 0.0559 e. The highest BCUT2D eigenvalue weighted by atomic mass is 16.5. The van der Waals surface area contributed by atoms with E-state index >= 15 is 0 Å². The van der Waals surface area contributed by atoms with Crippen molar-refractivity contribution in [1.82, 2.24) is 10.7 Å².